The van der Waals surface area contributed by atoms with Gasteiger partial charge < -0.3 is 5.32 Å². The van der Waals surface area contributed by atoms with Crippen molar-refractivity contribution >= 4 is 15.9 Å². The largest absolute Gasteiger partial charge is 0.305 e. The minimum absolute atomic E-state index is 0.792. The van der Waals surface area contributed by atoms with Gasteiger partial charge in [-0.25, -0.2) is 0 Å². The van der Waals surface area contributed by atoms with E-state index in [-0.39, 0.29) is 0 Å². The van der Waals surface area contributed by atoms with Crippen molar-refractivity contribution in [3.8, 4) is 0 Å². The average molecular weight is 312 g/mol. The summed E-state index contributed by atoms with van der Waals surface area (Å²) in [5.74, 6) is 0. The molecule has 0 aliphatic heterocycles. The van der Waals surface area contributed by atoms with Crippen molar-refractivity contribution in [3.05, 3.63) is 33.8 Å². The lowest BCUT2D eigenvalue weighted by atomic mass is 10.3. The molecule has 2 heterocycles. The van der Waals surface area contributed by atoms with E-state index in [0.29, 0.717) is 0 Å². The van der Waals surface area contributed by atoms with E-state index in [1.54, 1.807) is 0 Å². The molecule has 0 bridgehead atoms. The quantitative estimate of drug-likeness (QED) is 0.918. The Bertz CT molecular complexity index is 529. The van der Waals surface area contributed by atoms with Crippen LogP contribution in [0.15, 0.2) is 16.7 Å². The molecular weight excluding hydrogens is 294 g/mol. The Morgan fingerprint density at radius 1 is 1.39 bits per heavy atom. The minimum Gasteiger partial charge on any atom is -0.305 e. The first-order valence-corrected chi connectivity index (χ1v) is 6.82. The molecule has 0 aliphatic rings. The molecule has 0 spiro atoms. The highest BCUT2D eigenvalue weighted by atomic mass is 79.9. The first-order chi connectivity index (χ1) is 8.63. The summed E-state index contributed by atoms with van der Waals surface area (Å²) in [6.45, 7) is 6.59. The van der Waals surface area contributed by atoms with Crippen molar-refractivity contribution < 1.29 is 0 Å². The molecule has 0 aromatic carbocycles. The molecule has 2 rings (SSSR count). The smallest absolute Gasteiger partial charge is 0.0739 e. The molecule has 98 valence electrons. The Labute approximate surface area is 115 Å². The van der Waals surface area contributed by atoms with Crippen molar-refractivity contribution in [3.63, 3.8) is 0 Å². The number of rotatable bonds is 5. The molecule has 0 saturated heterocycles. The Balaban J connectivity index is 2.00. The van der Waals surface area contributed by atoms with Crippen LogP contribution in [0.2, 0.25) is 0 Å². The van der Waals surface area contributed by atoms with Crippen LogP contribution in [0.25, 0.3) is 0 Å². The second kappa shape index (κ2) is 5.67. The maximum atomic E-state index is 4.47. The highest BCUT2D eigenvalue weighted by Crippen LogP contribution is 2.20. The monoisotopic (exact) mass is 311 g/mol. The van der Waals surface area contributed by atoms with E-state index < -0.39 is 0 Å². The fourth-order valence-electron chi connectivity index (χ4n) is 1.92. The first kappa shape index (κ1) is 13.3. The van der Waals surface area contributed by atoms with Gasteiger partial charge in [0, 0.05) is 32.9 Å². The third kappa shape index (κ3) is 2.64. The van der Waals surface area contributed by atoms with Gasteiger partial charge in [-0.1, -0.05) is 0 Å². The Morgan fingerprint density at radius 2 is 2.17 bits per heavy atom. The lowest BCUT2D eigenvalue weighted by Crippen LogP contribution is -2.18. The van der Waals surface area contributed by atoms with Crippen LogP contribution in [0, 0.1) is 6.92 Å². The lowest BCUT2D eigenvalue weighted by Gasteiger charge is -2.07. The molecule has 0 fully saturated rings. The van der Waals surface area contributed by atoms with Gasteiger partial charge in [0.05, 0.1) is 21.6 Å². The van der Waals surface area contributed by atoms with Crippen molar-refractivity contribution in [2.75, 3.05) is 0 Å². The molecule has 0 aliphatic carbocycles. The Hall–Kier alpha value is -1.14. The van der Waals surface area contributed by atoms with E-state index in [4.69, 9.17) is 0 Å². The third-order valence-electron chi connectivity index (χ3n) is 2.97. The van der Waals surface area contributed by atoms with Crippen LogP contribution in [0.4, 0.5) is 0 Å². The average Bonchev–Trinajstić information content (AvgIpc) is 2.87. The van der Waals surface area contributed by atoms with E-state index in [1.807, 2.05) is 35.6 Å². The van der Waals surface area contributed by atoms with Crippen molar-refractivity contribution in [2.45, 2.75) is 33.5 Å². The van der Waals surface area contributed by atoms with Gasteiger partial charge in [-0.15, -0.1) is 0 Å². The Kier molecular flexibility index (Phi) is 4.19. The number of aryl methyl sites for hydroxylation is 3. The van der Waals surface area contributed by atoms with Gasteiger partial charge in [-0.05, 0) is 35.8 Å². The Morgan fingerprint density at radius 3 is 2.78 bits per heavy atom. The number of nitrogens with one attached hydrogen (secondary N) is 1. The summed E-state index contributed by atoms with van der Waals surface area (Å²) in [5.41, 5.74) is 3.40. The third-order valence-corrected chi connectivity index (χ3v) is 4.01. The number of aromatic nitrogens is 4. The topological polar surface area (TPSA) is 47.7 Å². The molecule has 18 heavy (non-hydrogen) atoms. The molecule has 1 N–H and O–H groups in total. The van der Waals surface area contributed by atoms with Gasteiger partial charge in [-0.3, -0.25) is 9.36 Å². The van der Waals surface area contributed by atoms with E-state index in [9.17, 15) is 0 Å². The van der Waals surface area contributed by atoms with E-state index in [1.165, 1.54) is 11.4 Å². The van der Waals surface area contributed by atoms with Crippen LogP contribution < -0.4 is 5.32 Å². The lowest BCUT2D eigenvalue weighted by molar-refractivity contribution is 0.564. The zero-order valence-electron chi connectivity index (χ0n) is 10.9. The van der Waals surface area contributed by atoms with Crippen LogP contribution in [-0.4, -0.2) is 19.6 Å². The van der Waals surface area contributed by atoms with Crippen molar-refractivity contribution in [1.82, 2.24) is 24.9 Å². The number of hydrogen-bond donors (Lipinski definition) is 1. The summed E-state index contributed by atoms with van der Waals surface area (Å²) in [6, 6.07) is 2.02. The van der Waals surface area contributed by atoms with Gasteiger partial charge in [0.2, 0.25) is 0 Å². The molecule has 0 saturated carbocycles. The van der Waals surface area contributed by atoms with Crippen molar-refractivity contribution in [2.24, 2.45) is 7.05 Å². The summed E-state index contributed by atoms with van der Waals surface area (Å²) >= 11 is 3.59. The highest BCUT2D eigenvalue weighted by Gasteiger charge is 2.11. The molecule has 2 aromatic heterocycles. The molecule has 6 heteroatoms. The summed E-state index contributed by atoms with van der Waals surface area (Å²) < 4.78 is 5.00. The van der Waals surface area contributed by atoms with Gasteiger partial charge in [0.15, 0.2) is 0 Å². The molecule has 0 amide bonds. The van der Waals surface area contributed by atoms with Crippen LogP contribution in [0.3, 0.4) is 0 Å². The summed E-state index contributed by atoms with van der Waals surface area (Å²) in [4.78, 5) is 0. The maximum Gasteiger partial charge on any atom is 0.0739 e. The first-order valence-electron chi connectivity index (χ1n) is 6.02. The summed E-state index contributed by atoms with van der Waals surface area (Å²) in [5, 5.41) is 12.0. The molecular formula is C12H18BrN5. The van der Waals surface area contributed by atoms with E-state index >= 15 is 0 Å². The molecule has 5 nitrogen and oxygen atoms in total. The molecule has 0 atom stereocenters. The minimum atomic E-state index is 0.792. The molecule has 2 aromatic rings. The van der Waals surface area contributed by atoms with Crippen molar-refractivity contribution in [1.29, 1.82) is 0 Å². The van der Waals surface area contributed by atoms with Crippen LogP contribution in [0.1, 0.15) is 24.0 Å². The van der Waals surface area contributed by atoms with Gasteiger partial charge >= 0.3 is 0 Å². The standard InChI is InChI=1S/C12H18BrN5/c1-4-18-11(12(13)9(2)16-18)8-14-7-10-5-6-15-17(10)3/h5-6,14H,4,7-8H2,1-3H3. The predicted octanol–water partition coefficient (Wildman–Crippen LogP) is 2.00. The van der Waals surface area contributed by atoms with Gasteiger partial charge in [0.25, 0.3) is 0 Å². The number of halogens is 1. The van der Waals surface area contributed by atoms with Gasteiger partial charge in [-0.2, -0.15) is 10.2 Å². The fourth-order valence-corrected chi connectivity index (χ4v) is 2.35. The van der Waals surface area contributed by atoms with Crippen LogP contribution in [0.5, 0.6) is 0 Å². The predicted molar refractivity (Wildman–Crippen MR) is 74.1 cm³/mol. The second-order valence-electron chi connectivity index (χ2n) is 4.21. The normalized spacial score (nSPS) is 11.1. The summed E-state index contributed by atoms with van der Waals surface area (Å²) in [7, 11) is 1.95. The highest BCUT2D eigenvalue weighted by molar-refractivity contribution is 9.10. The maximum absolute atomic E-state index is 4.47. The van der Waals surface area contributed by atoms with Crippen LogP contribution >= 0.6 is 15.9 Å². The molecule has 0 radical (unpaired) electrons. The fraction of sp³-hybridized carbons (Fsp3) is 0.500. The summed E-state index contributed by atoms with van der Waals surface area (Å²) in [6.07, 6.45) is 1.81. The zero-order valence-corrected chi connectivity index (χ0v) is 12.5. The van der Waals surface area contributed by atoms with E-state index in [2.05, 4.69) is 38.4 Å². The number of hydrogen-bond acceptors (Lipinski definition) is 3. The van der Waals surface area contributed by atoms with E-state index in [0.717, 1.165) is 29.8 Å². The SMILES string of the molecule is CCn1nc(C)c(Br)c1CNCc1ccnn1C. The second-order valence-corrected chi connectivity index (χ2v) is 5.00. The number of nitrogens with zero attached hydrogens (tertiary/aromatic N) is 4. The van der Waals surface area contributed by atoms with Gasteiger partial charge in [0.1, 0.15) is 0 Å². The zero-order chi connectivity index (χ0) is 13.1. The molecule has 0 unspecified atom stereocenters. The van der Waals surface area contributed by atoms with Crippen LogP contribution in [-0.2, 0) is 26.7 Å².